The molecule has 2 heterocycles. The molecule has 0 atom stereocenters. The van der Waals surface area contributed by atoms with E-state index in [0.717, 1.165) is 12.1 Å². The van der Waals surface area contributed by atoms with Crippen molar-refractivity contribution < 1.29 is 193 Å². The van der Waals surface area contributed by atoms with Gasteiger partial charge >= 0.3 is 129 Å². The van der Waals surface area contributed by atoms with E-state index in [1.54, 1.807) is 11.0 Å². The molecule has 0 saturated carbocycles. The van der Waals surface area contributed by atoms with Crippen molar-refractivity contribution >= 4 is 101 Å². The van der Waals surface area contributed by atoms with E-state index in [9.17, 15) is 60.9 Å². The quantitative estimate of drug-likeness (QED) is 0.0549. The topological polar surface area (TPSA) is 399 Å². The first-order valence-electron chi connectivity index (χ1n) is 18.1. The third-order valence-corrected chi connectivity index (χ3v) is 14.0. The van der Waals surface area contributed by atoms with E-state index in [2.05, 4.69) is 39.3 Å². The molecule has 34 heteroatoms. The maximum Gasteiger partial charge on any atom is 1.00 e. The maximum absolute atomic E-state index is 14.3. The fourth-order valence-electron chi connectivity index (χ4n) is 6.41. The van der Waals surface area contributed by atoms with Crippen LogP contribution in [0.5, 0.6) is 5.75 Å². The third kappa shape index (κ3) is 15.3. The SMILES string of the molecule is O=S(=O)(O)OCCS(=O)(=O)c1cccc(N=c2nc(N3CCOCC3)[nH]c(=Nc3cc(S(=O)(=O)[O-])cc4cc(S(=O)(=O)[O-])c(N=Nc5ccc6ccccc6c5S(=O)(=O)[O-])c([O-])c34)[nH]2)c1.[Na+].[Na+].[Na+].[Na+]. The van der Waals surface area contributed by atoms with Crippen LogP contribution in [0.15, 0.2) is 119 Å². The molecule has 1 saturated heterocycles. The molecular formula is C35H28N8Na4O17S5. The second-order valence-electron chi connectivity index (χ2n) is 13.5. The first-order valence-corrected chi connectivity index (χ1v) is 25.3. The first kappa shape index (κ1) is 61.2. The van der Waals surface area contributed by atoms with E-state index in [4.69, 9.17) is 9.29 Å². The predicted molar refractivity (Wildman–Crippen MR) is 218 cm³/mol. The van der Waals surface area contributed by atoms with Crippen molar-refractivity contribution in [1.29, 1.82) is 0 Å². The number of azo groups is 1. The number of hydrogen-bond donors (Lipinski definition) is 3. The van der Waals surface area contributed by atoms with Gasteiger partial charge in [0.25, 0.3) is 0 Å². The van der Waals surface area contributed by atoms with Crippen LogP contribution in [0.4, 0.5) is 28.7 Å². The van der Waals surface area contributed by atoms with Gasteiger partial charge in [0.2, 0.25) is 17.2 Å². The monoisotopic (exact) mass is 1080 g/mol. The number of fused-ring (bicyclic) bond motifs is 2. The van der Waals surface area contributed by atoms with Crippen LogP contribution in [0.1, 0.15) is 0 Å². The molecule has 0 amide bonds. The number of sulfone groups is 1. The third-order valence-electron chi connectivity index (χ3n) is 9.22. The maximum atomic E-state index is 14.3. The standard InChI is InChI=1S/C35H32N8O17S5.4Na/c44-31-29-21(17-28(63(50,51)52)30(31)42-41-26-9-8-20-4-1-2-7-25(20)32(26)64(53,54)55)16-24(62(47,48)49)19-27(29)37-34-38-33(39-35(40-34)43-10-12-59-13-11-43)36-22-5-3-6-23(18-22)61(45,46)15-14-60-65(56,57)58;;;;/h1-9,16-19,44H,10-15H2,(H,47,48,49)(H,50,51,52)(H,53,54,55)(H,56,57,58)(H2,36,37,38,39,40);;;;/q;4*+1/p-4. The molecule has 3 N–H and O–H groups in total. The minimum absolute atomic E-state index is 0. The van der Waals surface area contributed by atoms with Crippen molar-refractivity contribution in [2.45, 2.75) is 19.6 Å². The smallest absolute Gasteiger partial charge is 0.870 e. The van der Waals surface area contributed by atoms with Crippen LogP contribution < -0.4 is 139 Å². The summed E-state index contributed by atoms with van der Waals surface area (Å²) >= 11 is 0. The van der Waals surface area contributed by atoms with Crippen molar-refractivity contribution in [3.8, 4) is 5.75 Å². The van der Waals surface area contributed by atoms with Gasteiger partial charge in [-0.05, 0) is 53.2 Å². The summed E-state index contributed by atoms with van der Waals surface area (Å²) in [6.45, 7) is 0.0365. The van der Waals surface area contributed by atoms with Crippen LogP contribution in [0.3, 0.4) is 0 Å². The Morgan fingerprint density at radius 3 is 2.03 bits per heavy atom. The van der Waals surface area contributed by atoms with E-state index in [-0.39, 0.29) is 183 Å². The van der Waals surface area contributed by atoms with E-state index >= 15 is 0 Å². The van der Waals surface area contributed by atoms with Crippen LogP contribution in [0, 0.1) is 0 Å². The Morgan fingerprint density at radius 2 is 1.39 bits per heavy atom. The van der Waals surface area contributed by atoms with Gasteiger partial charge in [0.1, 0.15) is 36.0 Å². The van der Waals surface area contributed by atoms with Crippen LogP contribution in [0.25, 0.3) is 21.5 Å². The molecule has 1 fully saturated rings. The Labute approximate surface area is 481 Å². The fourth-order valence-corrected chi connectivity index (χ4v) is 9.92. The molecule has 7 rings (SSSR count). The van der Waals surface area contributed by atoms with Gasteiger partial charge < -0.3 is 28.4 Å². The number of nitrogens with one attached hydrogen (secondary N) is 2. The van der Waals surface area contributed by atoms with Crippen LogP contribution >= 0.6 is 0 Å². The molecule has 1 aliphatic heterocycles. The van der Waals surface area contributed by atoms with Crippen LogP contribution in [-0.2, 0) is 59.5 Å². The van der Waals surface area contributed by atoms with Gasteiger partial charge in [0.05, 0.1) is 62.2 Å². The number of ether oxygens (including phenoxy) is 1. The van der Waals surface area contributed by atoms with Gasteiger partial charge in [-0.1, -0.05) is 42.1 Å². The minimum Gasteiger partial charge on any atom is -0.870 e. The van der Waals surface area contributed by atoms with Gasteiger partial charge in [0, 0.05) is 23.9 Å². The summed E-state index contributed by atoms with van der Waals surface area (Å²) in [5, 5.41) is 20.6. The molecule has 0 aliphatic carbocycles. The summed E-state index contributed by atoms with van der Waals surface area (Å²) < 4.78 is 178. The molecule has 344 valence electrons. The van der Waals surface area contributed by atoms with Crippen molar-refractivity contribution in [3.05, 3.63) is 90.1 Å². The molecule has 25 nitrogen and oxygen atoms in total. The van der Waals surface area contributed by atoms with Crippen LogP contribution in [-0.4, -0.2) is 114 Å². The first-order chi connectivity index (χ1) is 30.4. The number of aromatic amines is 2. The van der Waals surface area contributed by atoms with Crippen molar-refractivity contribution in [1.82, 2.24) is 15.0 Å². The largest absolute Gasteiger partial charge is 1.00 e. The molecular weight excluding hydrogens is 1060 g/mol. The Bertz CT molecular complexity index is 3690. The number of hydrogen-bond acceptors (Lipinski definition) is 22. The summed E-state index contributed by atoms with van der Waals surface area (Å²) in [5.74, 6) is -2.27. The summed E-state index contributed by atoms with van der Waals surface area (Å²) in [6, 6.07) is 14.8. The zero-order valence-electron chi connectivity index (χ0n) is 36.5. The van der Waals surface area contributed by atoms with E-state index in [1.807, 2.05) is 0 Å². The Balaban J connectivity index is 0.00000315. The van der Waals surface area contributed by atoms with Gasteiger partial charge in [-0.15, -0.1) is 10.2 Å². The average Bonchev–Trinajstić information content (AvgIpc) is 3.21. The molecule has 0 radical (unpaired) electrons. The number of benzene rings is 5. The number of aromatic nitrogens is 3. The van der Waals surface area contributed by atoms with Gasteiger partial charge in [0.15, 0.2) is 9.84 Å². The zero-order valence-corrected chi connectivity index (χ0v) is 48.5. The van der Waals surface area contributed by atoms with Crippen molar-refractivity contribution in [3.63, 3.8) is 0 Å². The molecule has 5 aromatic carbocycles. The summed E-state index contributed by atoms with van der Waals surface area (Å²) in [5.41, 5.74) is -3.25. The number of rotatable bonds is 13. The second-order valence-corrected chi connectivity index (χ2v) is 20.8. The zero-order chi connectivity index (χ0) is 47.1. The summed E-state index contributed by atoms with van der Waals surface area (Å²) in [6.07, 6.45) is 0. The number of anilines is 1. The van der Waals surface area contributed by atoms with Gasteiger partial charge in [-0.2, -0.15) is 13.4 Å². The summed E-state index contributed by atoms with van der Waals surface area (Å²) in [7, 11) is -25.6. The molecule has 1 aromatic heterocycles. The number of nitrogens with zero attached hydrogens (tertiary/aromatic N) is 6. The Morgan fingerprint density at radius 1 is 0.710 bits per heavy atom. The van der Waals surface area contributed by atoms with Crippen molar-refractivity contribution in [2.24, 2.45) is 20.2 Å². The minimum atomic E-state index is -5.69. The normalized spacial score (nSPS) is 14.2. The molecule has 1 aliphatic rings. The van der Waals surface area contributed by atoms with Crippen molar-refractivity contribution in [2.75, 3.05) is 43.6 Å². The Hall–Kier alpha value is -2.06. The fraction of sp³-hybridized carbons (Fsp3) is 0.171. The molecule has 0 unspecified atom stereocenters. The molecule has 69 heavy (non-hydrogen) atoms. The molecule has 0 spiro atoms. The van der Waals surface area contributed by atoms with E-state index in [0.29, 0.717) is 18.2 Å². The Kier molecular flexibility index (Phi) is 21.6. The number of H-pyrrole nitrogens is 2. The van der Waals surface area contributed by atoms with Crippen LogP contribution in [0.2, 0.25) is 0 Å². The van der Waals surface area contributed by atoms with E-state index < -0.39 is 111 Å². The van der Waals surface area contributed by atoms with E-state index in [1.165, 1.54) is 42.5 Å². The predicted octanol–water partition coefficient (Wildman–Crippen LogP) is -10.8. The summed E-state index contributed by atoms with van der Waals surface area (Å²) in [4.78, 5) is 16.6. The second kappa shape index (κ2) is 24.3. The number of morpholine rings is 1. The average molecular weight is 1080 g/mol. The molecule has 6 aromatic rings. The van der Waals surface area contributed by atoms with Gasteiger partial charge in [-0.3, -0.25) is 14.5 Å². The van der Waals surface area contributed by atoms with Gasteiger partial charge in [-0.25, -0.2) is 47.8 Å². The molecule has 0 bridgehead atoms.